The highest BCUT2D eigenvalue weighted by Gasteiger charge is 2.48. The van der Waals surface area contributed by atoms with Crippen molar-refractivity contribution in [2.75, 3.05) is 14.2 Å². The smallest absolute Gasteiger partial charge is 0.342 e. The maximum atomic E-state index is 12.9. The van der Waals surface area contributed by atoms with E-state index in [0.717, 1.165) is 11.6 Å². The molecule has 2 heterocycles. The summed E-state index contributed by atoms with van der Waals surface area (Å²) in [4.78, 5) is 25.6. The van der Waals surface area contributed by atoms with Crippen LogP contribution in [0.5, 0.6) is 11.5 Å². The Balaban J connectivity index is 1.73. The second-order valence-corrected chi connectivity index (χ2v) is 12.5. The number of cyclic esters (lactones) is 1. The maximum Gasteiger partial charge on any atom is 0.342 e. The molecule has 3 rings (SSSR count). The fraction of sp³-hybridized carbons (Fsp3) is 0.677. The van der Waals surface area contributed by atoms with Gasteiger partial charge in [-0.15, -0.1) is 6.58 Å². The highest BCUT2D eigenvalue weighted by molar-refractivity contribution is 5.96. The first-order valence-corrected chi connectivity index (χ1v) is 14.5. The summed E-state index contributed by atoms with van der Waals surface area (Å²) in [5, 5.41) is 56.0. The quantitative estimate of drug-likeness (QED) is 0.115. The number of amides is 1. The van der Waals surface area contributed by atoms with E-state index in [0.29, 0.717) is 11.1 Å². The normalized spacial score (nSPS) is 26.8. The molecule has 1 aromatic carbocycles. The highest BCUT2D eigenvalue weighted by Crippen LogP contribution is 2.42. The lowest BCUT2D eigenvalue weighted by Crippen LogP contribution is -2.59. The van der Waals surface area contributed by atoms with Gasteiger partial charge in [-0.2, -0.15) is 0 Å². The number of aliphatic hydroxyl groups is 3. The van der Waals surface area contributed by atoms with Crippen LogP contribution in [0.1, 0.15) is 68.4 Å². The molecule has 9 atom stereocenters. The van der Waals surface area contributed by atoms with E-state index in [-0.39, 0.29) is 42.7 Å². The number of carbonyl (C=O) groups excluding carboxylic acids is 2. The number of hydrogen-bond donors (Lipinski definition) is 6. The average Bonchev–Trinajstić information content (AvgIpc) is 2.94. The second-order valence-electron chi connectivity index (χ2n) is 12.5. The van der Waals surface area contributed by atoms with Gasteiger partial charge in [-0.05, 0) is 31.4 Å². The number of methoxy groups -OCH3 is 2. The molecule has 0 saturated carbocycles. The summed E-state index contributed by atoms with van der Waals surface area (Å²) < 4.78 is 22.7. The van der Waals surface area contributed by atoms with Gasteiger partial charge < -0.3 is 49.8 Å². The zero-order valence-electron chi connectivity index (χ0n) is 26.0. The van der Waals surface area contributed by atoms with Crippen LogP contribution in [0.3, 0.4) is 0 Å². The molecular weight excluding hydrogens is 562 g/mol. The summed E-state index contributed by atoms with van der Waals surface area (Å²) in [5.74, 6) is -2.57. The van der Waals surface area contributed by atoms with Crippen molar-refractivity contribution in [3.63, 3.8) is 0 Å². The van der Waals surface area contributed by atoms with Crippen LogP contribution in [-0.4, -0.2) is 101 Å². The molecule has 12 heteroatoms. The maximum absolute atomic E-state index is 12.9. The standard InChI is InChI=1S/C31H47NO11/c1-14(2)9-22(40-7)27(37)28(38)32-29(41-8)23-13-24(36)31(5,6)25(42-23)12-19(34)16(4)21-10-17-15(3)18(33)11-20(35)26(17)30(39)43-21/h11,16,19,21-25,27,29,33-37H,1,9-10,12-13H2,2-8H3,(H,32,38)/t16-,19+,21-,22+,23+,24-,25-,27+,29+/m1/s1. The van der Waals surface area contributed by atoms with Crippen molar-refractivity contribution in [2.24, 2.45) is 11.3 Å². The number of phenols is 2. The van der Waals surface area contributed by atoms with Crippen LogP contribution >= 0.6 is 0 Å². The fourth-order valence-corrected chi connectivity index (χ4v) is 5.80. The van der Waals surface area contributed by atoms with Crippen LogP contribution in [-0.2, 0) is 30.2 Å². The first-order valence-electron chi connectivity index (χ1n) is 14.5. The third kappa shape index (κ3) is 7.50. The number of phenolic OH excluding ortho intramolecular Hbond substituents is 2. The summed E-state index contributed by atoms with van der Waals surface area (Å²) in [6, 6.07) is 1.10. The Morgan fingerprint density at radius 2 is 1.84 bits per heavy atom. The molecule has 1 saturated heterocycles. The van der Waals surface area contributed by atoms with Crippen molar-refractivity contribution >= 4 is 11.9 Å². The molecule has 1 amide bonds. The number of nitrogens with one attached hydrogen (secondary N) is 1. The van der Waals surface area contributed by atoms with Gasteiger partial charge in [0.05, 0.1) is 24.4 Å². The van der Waals surface area contributed by atoms with Crippen LogP contribution < -0.4 is 5.32 Å². The Bertz CT molecular complexity index is 1180. The molecule has 2 aliphatic heterocycles. The van der Waals surface area contributed by atoms with E-state index in [1.165, 1.54) is 14.2 Å². The Morgan fingerprint density at radius 3 is 2.42 bits per heavy atom. The van der Waals surface area contributed by atoms with E-state index < -0.39 is 72.2 Å². The molecule has 0 aliphatic carbocycles. The van der Waals surface area contributed by atoms with Crippen LogP contribution in [0.2, 0.25) is 0 Å². The minimum Gasteiger partial charge on any atom is -0.508 e. The second kappa shape index (κ2) is 13.9. The zero-order valence-corrected chi connectivity index (χ0v) is 26.0. The monoisotopic (exact) mass is 609 g/mol. The Morgan fingerprint density at radius 1 is 1.19 bits per heavy atom. The number of benzene rings is 1. The van der Waals surface area contributed by atoms with Crippen LogP contribution in [0.25, 0.3) is 0 Å². The van der Waals surface area contributed by atoms with Crippen LogP contribution in [0.4, 0.5) is 0 Å². The number of aromatic hydroxyl groups is 2. The molecule has 0 unspecified atom stereocenters. The largest absolute Gasteiger partial charge is 0.508 e. The van der Waals surface area contributed by atoms with Crippen LogP contribution in [0, 0.1) is 18.3 Å². The number of aliphatic hydroxyl groups excluding tert-OH is 3. The van der Waals surface area contributed by atoms with Gasteiger partial charge in [0, 0.05) is 50.9 Å². The molecule has 0 aromatic heterocycles. The number of fused-ring (bicyclic) bond motifs is 1. The van der Waals surface area contributed by atoms with E-state index in [9.17, 15) is 35.1 Å². The van der Waals surface area contributed by atoms with Gasteiger partial charge in [0.25, 0.3) is 5.91 Å². The third-order valence-electron chi connectivity index (χ3n) is 9.02. The first-order chi connectivity index (χ1) is 20.0. The number of ether oxygens (including phenoxy) is 4. The number of esters is 1. The SMILES string of the molecule is C=C(C)C[C@H](OC)[C@H](O)C(=O)N[C@@H](OC)[C@@H]1C[C@@H](O)C(C)(C)[C@@H](C[C@H](O)[C@@H](C)[C@H]2Cc3c(C)c(O)cc(O)c3C(=O)O2)O1. The lowest BCUT2D eigenvalue weighted by molar-refractivity contribution is -0.217. The topological polar surface area (TPSA) is 184 Å². The van der Waals surface area contributed by atoms with Gasteiger partial charge >= 0.3 is 5.97 Å². The first kappa shape index (κ1) is 34.7. The molecule has 0 spiro atoms. The molecule has 2 aliphatic rings. The summed E-state index contributed by atoms with van der Waals surface area (Å²) in [5.41, 5.74) is 0.851. The van der Waals surface area contributed by atoms with E-state index >= 15 is 0 Å². The average molecular weight is 610 g/mol. The lowest BCUT2D eigenvalue weighted by atomic mass is 9.73. The van der Waals surface area contributed by atoms with Crippen LogP contribution in [0.15, 0.2) is 18.2 Å². The van der Waals surface area contributed by atoms with Gasteiger partial charge in [0.2, 0.25) is 0 Å². The van der Waals surface area contributed by atoms with Crippen molar-refractivity contribution in [1.82, 2.24) is 5.32 Å². The predicted octanol–water partition coefficient (Wildman–Crippen LogP) is 1.85. The summed E-state index contributed by atoms with van der Waals surface area (Å²) in [7, 11) is 2.76. The van der Waals surface area contributed by atoms with Crippen molar-refractivity contribution in [3.05, 3.63) is 34.9 Å². The van der Waals surface area contributed by atoms with Gasteiger partial charge in [-0.3, -0.25) is 4.79 Å². The molecule has 242 valence electrons. The molecular formula is C31H47NO11. The van der Waals surface area contributed by atoms with E-state index in [4.69, 9.17) is 18.9 Å². The third-order valence-corrected chi connectivity index (χ3v) is 9.02. The minimum atomic E-state index is -1.50. The summed E-state index contributed by atoms with van der Waals surface area (Å²) in [6.45, 7) is 12.6. The lowest BCUT2D eigenvalue weighted by Gasteiger charge is -2.48. The Labute approximate surface area is 252 Å². The zero-order chi connectivity index (χ0) is 32.4. The van der Waals surface area contributed by atoms with Gasteiger partial charge in [0.15, 0.2) is 12.3 Å². The molecule has 1 aromatic rings. The van der Waals surface area contributed by atoms with Gasteiger partial charge in [-0.1, -0.05) is 26.3 Å². The molecule has 0 radical (unpaired) electrons. The minimum absolute atomic E-state index is 0.00479. The van der Waals surface area contributed by atoms with Gasteiger partial charge in [-0.25, -0.2) is 4.79 Å². The Hall–Kier alpha value is -2.74. The highest BCUT2D eigenvalue weighted by atomic mass is 16.6. The Kier molecular flexibility index (Phi) is 11.2. The van der Waals surface area contributed by atoms with E-state index in [1.807, 2.05) is 13.8 Å². The molecule has 0 bridgehead atoms. The number of carbonyl (C=O) groups is 2. The molecule has 6 N–H and O–H groups in total. The van der Waals surface area contributed by atoms with Gasteiger partial charge in [0.1, 0.15) is 29.3 Å². The van der Waals surface area contributed by atoms with E-state index in [2.05, 4.69) is 11.9 Å². The van der Waals surface area contributed by atoms with Crippen molar-refractivity contribution in [2.45, 2.75) is 109 Å². The number of rotatable bonds is 12. The fourth-order valence-electron chi connectivity index (χ4n) is 5.80. The predicted molar refractivity (Wildman–Crippen MR) is 155 cm³/mol. The molecule has 43 heavy (non-hydrogen) atoms. The number of hydrogen-bond acceptors (Lipinski definition) is 11. The molecule has 12 nitrogen and oxygen atoms in total. The molecule has 1 fully saturated rings. The summed E-state index contributed by atoms with van der Waals surface area (Å²) >= 11 is 0. The van der Waals surface area contributed by atoms with Crippen molar-refractivity contribution < 1.29 is 54.1 Å². The summed E-state index contributed by atoms with van der Waals surface area (Å²) in [6.07, 6.45) is -6.89. The van der Waals surface area contributed by atoms with Crippen molar-refractivity contribution in [1.29, 1.82) is 0 Å². The van der Waals surface area contributed by atoms with E-state index in [1.54, 1.807) is 20.8 Å². The van der Waals surface area contributed by atoms with Crippen molar-refractivity contribution in [3.8, 4) is 11.5 Å².